The van der Waals surface area contributed by atoms with Crippen molar-refractivity contribution in [2.24, 2.45) is 0 Å². The first kappa shape index (κ1) is 13.4. The highest BCUT2D eigenvalue weighted by Gasteiger charge is 2.06. The largest absolute Gasteiger partial charge is 0.447 e. The summed E-state index contributed by atoms with van der Waals surface area (Å²) in [6, 6.07) is 3.76. The number of hydrogen-bond acceptors (Lipinski definition) is 4. The molecule has 0 atom stereocenters. The molecule has 0 aliphatic heterocycles. The van der Waals surface area contributed by atoms with E-state index in [1.165, 1.54) is 0 Å². The summed E-state index contributed by atoms with van der Waals surface area (Å²) >= 11 is 0. The lowest BCUT2D eigenvalue weighted by molar-refractivity contribution is 0.107. The Bertz CT molecular complexity index is 367. The summed E-state index contributed by atoms with van der Waals surface area (Å²) in [6.45, 7) is 4.77. The molecule has 17 heavy (non-hydrogen) atoms. The average molecular weight is 238 g/mol. The number of rotatable bonds is 5. The van der Waals surface area contributed by atoms with Crippen molar-refractivity contribution in [3.05, 3.63) is 23.9 Å². The molecular formula is C12H18N2O3. The molecule has 1 aromatic rings. The summed E-state index contributed by atoms with van der Waals surface area (Å²) in [6.07, 6.45) is 1.15. The van der Waals surface area contributed by atoms with Gasteiger partial charge in [-0.25, -0.2) is 9.78 Å². The molecule has 1 amide bonds. The minimum Gasteiger partial charge on any atom is -0.447 e. The van der Waals surface area contributed by atoms with Crippen LogP contribution in [0.25, 0.3) is 0 Å². The maximum atomic E-state index is 11.3. The number of pyridine rings is 1. The van der Waals surface area contributed by atoms with Crippen LogP contribution in [0, 0.1) is 0 Å². The second-order valence-electron chi connectivity index (χ2n) is 3.88. The summed E-state index contributed by atoms with van der Waals surface area (Å²) in [5.74, 6) is 0.890. The van der Waals surface area contributed by atoms with Crippen LogP contribution in [0.3, 0.4) is 0 Å². The number of hydrogen-bond donors (Lipinski definition) is 1. The Morgan fingerprint density at radius 2 is 2.24 bits per heavy atom. The van der Waals surface area contributed by atoms with E-state index in [0.29, 0.717) is 18.3 Å². The number of amides is 1. The minimum absolute atomic E-state index is 0.228. The van der Waals surface area contributed by atoms with Gasteiger partial charge in [0.05, 0.1) is 6.61 Å². The van der Waals surface area contributed by atoms with Gasteiger partial charge in [-0.3, -0.25) is 5.32 Å². The normalized spacial score (nSPS) is 10.4. The number of anilines is 1. The van der Waals surface area contributed by atoms with Crippen molar-refractivity contribution in [2.45, 2.75) is 19.8 Å². The first-order valence-corrected chi connectivity index (χ1v) is 5.52. The highest BCUT2D eigenvalue weighted by atomic mass is 16.6. The van der Waals surface area contributed by atoms with E-state index in [4.69, 9.17) is 9.47 Å². The van der Waals surface area contributed by atoms with E-state index in [9.17, 15) is 4.79 Å². The first-order valence-electron chi connectivity index (χ1n) is 5.52. The number of methoxy groups -OCH3 is 1. The zero-order valence-corrected chi connectivity index (χ0v) is 10.4. The third kappa shape index (κ3) is 4.82. The molecule has 0 saturated carbocycles. The highest BCUT2D eigenvalue weighted by Crippen LogP contribution is 2.16. The van der Waals surface area contributed by atoms with Gasteiger partial charge in [0.25, 0.3) is 0 Å². The molecule has 0 aromatic carbocycles. The van der Waals surface area contributed by atoms with Gasteiger partial charge in [-0.1, -0.05) is 13.8 Å². The molecule has 0 fully saturated rings. The fraction of sp³-hybridized carbons (Fsp3) is 0.500. The SMILES string of the molecule is COCCOC(=O)Nc1cc(C(C)C)ccn1. The quantitative estimate of drug-likeness (QED) is 0.800. The molecule has 0 spiro atoms. The van der Waals surface area contributed by atoms with E-state index in [2.05, 4.69) is 24.1 Å². The molecule has 0 aliphatic rings. The summed E-state index contributed by atoms with van der Waals surface area (Å²) in [7, 11) is 1.55. The van der Waals surface area contributed by atoms with E-state index in [0.717, 1.165) is 5.56 Å². The van der Waals surface area contributed by atoms with Gasteiger partial charge in [0.15, 0.2) is 0 Å². The molecule has 5 heteroatoms. The Morgan fingerprint density at radius 1 is 1.47 bits per heavy atom. The molecule has 1 aromatic heterocycles. The maximum Gasteiger partial charge on any atom is 0.412 e. The van der Waals surface area contributed by atoms with Crippen LogP contribution in [-0.4, -0.2) is 31.4 Å². The van der Waals surface area contributed by atoms with Crippen LogP contribution in [-0.2, 0) is 9.47 Å². The van der Waals surface area contributed by atoms with Crippen LogP contribution in [0.1, 0.15) is 25.3 Å². The molecule has 0 bridgehead atoms. The molecule has 1 N–H and O–H groups in total. The fourth-order valence-electron chi connectivity index (χ4n) is 1.23. The van der Waals surface area contributed by atoms with E-state index < -0.39 is 6.09 Å². The lowest BCUT2D eigenvalue weighted by Crippen LogP contribution is -2.17. The molecule has 1 rings (SSSR count). The Hall–Kier alpha value is -1.62. The van der Waals surface area contributed by atoms with Crippen molar-refractivity contribution >= 4 is 11.9 Å². The number of carbonyl (C=O) groups excluding carboxylic acids is 1. The van der Waals surface area contributed by atoms with E-state index in [-0.39, 0.29) is 6.61 Å². The van der Waals surface area contributed by atoms with Crippen molar-refractivity contribution in [2.75, 3.05) is 25.6 Å². The summed E-state index contributed by atoms with van der Waals surface area (Å²) in [5, 5.41) is 2.57. The molecule has 0 radical (unpaired) electrons. The third-order valence-electron chi connectivity index (χ3n) is 2.20. The first-order chi connectivity index (χ1) is 8.13. The maximum absolute atomic E-state index is 11.3. The second-order valence-corrected chi connectivity index (χ2v) is 3.88. The summed E-state index contributed by atoms with van der Waals surface area (Å²) < 4.78 is 9.64. The number of aromatic nitrogens is 1. The van der Waals surface area contributed by atoms with Crippen molar-refractivity contribution < 1.29 is 14.3 Å². The Labute approximate surface area is 101 Å². The Morgan fingerprint density at radius 3 is 2.88 bits per heavy atom. The van der Waals surface area contributed by atoms with Crippen molar-refractivity contribution in [1.82, 2.24) is 4.98 Å². The van der Waals surface area contributed by atoms with Gasteiger partial charge in [-0.05, 0) is 23.6 Å². The molecule has 1 heterocycles. The van der Waals surface area contributed by atoms with Crippen molar-refractivity contribution in [1.29, 1.82) is 0 Å². The number of nitrogens with zero attached hydrogens (tertiary/aromatic N) is 1. The lowest BCUT2D eigenvalue weighted by Gasteiger charge is -2.08. The molecule has 0 saturated heterocycles. The number of ether oxygens (including phenoxy) is 2. The molecule has 5 nitrogen and oxygen atoms in total. The predicted molar refractivity (Wildman–Crippen MR) is 65.2 cm³/mol. The Balaban J connectivity index is 2.50. The predicted octanol–water partition coefficient (Wildman–Crippen LogP) is 2.40. The van der Waals surface area contributed by atoms with E-state index in [1.807, 2.05) is 12.1 Å². The zero-order chi connectivity index (χ0) is 12.7. The third-order valence-corrected chi connectivity index (χ3v) is 2.20. The van der Waals surface area contributed by atoms with Crippen molar-refractivity contribution in [3.8, 4) is 0 Å². The van der Waals surface area contributed by atoms with Gasteiger partial charge in [-0.15, -0.1) is 0 Å². The standard InChI is InChI=1S/C12H18N2O3/c1-9(2)10-4-5-13-11(8-10)14-12(15)17-7-6-16-3/h4-5,8-9H,6-7H2,1-3H3,(H,13,14,15). The van der Waals surface area contributed by atoms with Gasteiger partial charge in [0.2, 0.25) is 0 Å². The zero-order valence-electron chi connectivity index (χ0n) is 10.4. The highest BCUT2D eigenvalue weighted by molar-refractivity contribution is 5.83. The fourth-order valence-corrected chi connectivity index (χ4v) is 1.23. The van der Waals surface area contributed by atoms with Crippen LogP contribution in [0.4, 0.5) is 10.6 Å². The monoisotopic (exact) mass is 238 g/mol. The van der Waals surface area contributed by atoms with Crippen LogP contribution >= 0.6 is 0 Å². The molecule has 0 unspecified atom stereocenters. The molecule has 0 aliphatic carbocycles. The smallest absolute Gasteiger partial charge is 0.412 e. The van der Waals surface area contributed by atoms with E-state index in [1.54, 1.807) is 13.3 Å². The lowest BCUT2D eigenvalue weighted by atomic mass is 10.1. The summed E-state index contributed by atoms with van der Waals surface area (Å²) in [5.41, 5.74) is 1.12. The van der Waals surface area contributed by atoms with E-state index >= 15 is 0 Å². The molecular weight excluding hydrogens is 220 g/mol. The Kier molecular flexibility index (Phi) is 5.42. The summed E-state index contributed by atoms with van der Waals surface area (Å²) in [4.78, 5) is 15.4. The van der Waals surface area contributed by atoms with Gasteiger partial charge in [0, 0.05) is 13.3 Å². The van der Waals surface area contributed by atoms with Crippen LogP contribution in [0.2, 0.25) is 0 Å². The van der Waals surface area contributed by atoms with Crippen molar-refractivity contribution in [3.63, 3.8) is 0 Å². The van der Waals surface area contributed by atoms with Crippen LogP contribution in [0.15, 0.2) is 18.3 Å². The molecule has 94 valence electrons. The van der Waals surface area contributed by atoms with Crippen LogP contribution in [0.5, 0.6) is 0 Å². The van der Waals surface area contributed by atoms with Gasteiger partial charge < -0.3 is 9.47 Å². The average Bonchev–Trinajstić information content (AvgIpc) is 2.29. The van der Waals surface area contributed by atoms with Crippen LogP contribution < -0.4 is 5.32 Å². The van der Waals surface area contributed by atoms with Gasteiger partial charge in [-0.2, -0.15) is 0 Å². The minimum atomic E-state index is -0.518. The second kappa shape index (κ2) is 6.85. The topological polar surface area (TPSA) is 60.5 Å². The van der Waals surface area contributed by atoms with Gasteiger partial charge in [0.1, 0.15) is 12.4 Å². The number of carbonyl (C=O) groups is 1. The number of nitrogens with one attached hydrogen (secondary N) is 1. The van der Waals surface area contributed by atoms with Gasteiger partial charge >= 0.3 is 6.09 Å².